The smallest absolute Gasteiger partial charge is 0.405 e. The van der Waals surface area contributed by atoms with E-state index in [2.05, 4.69) is 92.3 Å². The van der Waals surface area contributed by atoms with E-state index in [0.29, 0.717) is 31.6 Å². The predicted molar refractivity (Wildman–Crippen MR) is 200 cm³/mol. The fourth-order valence-corrected chi connectivity index (χ4v) is 7.92. The standard InChI is InChI=1S/C40H34N8O3.ClH/c41-18-22-14-32(42-19-22)37-43-21-34(45-37)29-11-10-27-15-26(8-9-28(27)16-29)23-4-6-24(7-5-23)33-20-44-38(46-33)35-17-30-3-1-2-25-12-13-31(47-40(50)51)39(49)48(35)36(25)30;/h1-11,15-16,20-22,31-32,35,42,47H,12-14,17,19H2,(H,43,45)(H,44,46)(H,50,51);1H/t22-,31+,32+,35+;/m1./s1. The molecule has 4 atom stereocenters. The summed E-state index contributed by atoms with van der Waals surface area (Å²) in [7, 11) is 0. The summed E-state index contributed by atoms with van der Waals surface area (Å²) in [5, 5.41) is 26.7. The van der Waals surface area contributed by atoms with Crippen LogP contribution in [-0.2, 0) is 17.6 Å². The van der Waals surface area contributed by atoms with E-state index in [1.165, 1.54) is 0 Å². The van der Waals surface area contributed by atoms with Crippen LogP contribution in [0.2, 0.25) is 0 Å². The molecule has 0 bridgehead atoms. The van der Waals surface area contributed by atoms with E-state index in [-0.39, 0.29) is 36.3 Å². The lowest BCUT2D eigenvalue weighted by Crippen LogP contribution is -2.48. The SMILES string of the molecule is Cl.N#C[C@@H]1CN[C@H](c2ncc(-c3ccc4cc(-c5ccc(-c6cnc([C@@H]7Cc8cccc9c8N7C(=O)[C@@H](NC(=O)O)CC9)[nH]6)cc5)ccc4c3)[nH]2)C1. The number of para-hydroxylation sites is 1. The highest BCUT2D eigenvalue weighted by atomic mass is 35.5. The number of amides is 2. The van der Waals surface area contributed by atoms with Crippen LogP contribution in [-0.4, -0.2) is 49.6 Å². The van der Waals surface area contributed by atoms with Crippen molar-refractivity contribution >= 4 is 40.9 Å². The monoisotopic (exact) mass is 710 g/mol. The molecule has 0 saturated carbocycles. The number of H-pyrrole nitrogens is 2. The number of nitrogens with one attached hydrogen (secondary N) is 4. The number of anilines is 1. The molecule has 3 aliphatic rings. The third-order valence-corrected chi connectivity index (χ3v) is 10.5. The molecule has 0 unspecified atom stereocenters. The van der Waals surface area contributed by atoms with Crippen LogP contribution in [0.1, 0.15) is 47.7 Å². The number of hydrogen-bond acceptors (Lipinski definition) is 6. The molecule has 260 valence electrons. The number of aromatic nitrogens is 4. The Bertz CT molecular complexity index is 2380. The van der Waals surface area contributed by atoms with Crippen molar-refractivity contribution in [3.63, 3.8) is 0 Å². The number of nitriles is 1. The number of nitrogens with zero attached hydrogens (tertiary/aromatic N) is 4. The number of carbonyl (C=O) groups excluding carboxylic acids is 1. The lowest BCUT2D eigenvalue weighted by molar-refractivity contribution is -0.120. The topological polar surface area (TPSA) is 163 Å². The van der Waals surface area contributed by atoms with Crippen molar-refractivity contribution in [1.82, 2.24) is 30.6 Å². The van der Waals surface area contributed by atoms with Gasteiger partial charge in [0.1, 0.15) is 17.7 Å². The Hall–Kier alpha value is -5.96. The Labute approximate surface area is 305 Å². The first-order chi connectivity index (χ1) is 24.9. The summed E-state index contributed by atoms with van der Waals surface area (Å²) < 4.78 is 0. The minimum atomic E-state index is -1.20. The first kappa shape index (κ1) is 33.2. The van der Waals surface area contributed by atoms with E-state index in [4.69, 9.17) is 4.98 Å². The van der Waals surface area contributed by atoms with Gasteiger partial charge >= 0.3 is 6.09 Å². The number of halogens is 1. The van der Waals surface area contributed by atoms with Crippen molar-refractivity contribution in [3.8, 4) is 39.7 Å². The van der Waals surface area contributed by atoms with Crippen LogP contribution in [0.3, 0.4) is 0 Å². The largest absolute Gasteiger partial charge is 0.465 e. The minimum absolute atomic E-state index is 0. The van der Waals surface area contributed by atoms with Gasteiger partial charge < -0.3 is 25.7 Å². The highest BCUT2D eigenvalue weighted by Gasteiger charge is 2.42. The van der Waals surface area contributed by atoms with Gasteiger partial charge in [-0.15, -0.1) is 12.4 Å². The molecule has 2 aromatic heterocycles. The van der Waals surface area contributed by atoms with Gasteiger partial charge in [-0.25, -0.2) is 14.8 Å². The molecule has 11 nitrogen and oxygen atoms in total. The van der Waals surface area contributed by atoms with E-state index in [1.54, 1.807) is 11.1 Å². The van der Waals surface area contributed by atoms with Crippen molar-refractivity contribution in [2.24, 2.45) is 5.92 Å². The number of rotatable bonds is 6. The molecule has 52 heavy (non-hydrogen) atoms. The highest BCUT2D eigenvalue weighted by molar-refractivity contribution is 6.02. The molecule has 2 amide bonds. The number of carboxylic acid groups (broad SMARTS) is 1. The van der Waals surface area contributed by atoms with Crippen molar-refractivity contribution in [2.45, 2.75) is 43.8 Å². The first-order valence-electron chi connectivity index (χ1n) is 17.2. The Morgan fingerprint density at radius 3 is 2.27 bits per heavy atom. The molecule has 9 rings (SSSR count). The first-order valence-corrected chi connectivity index (χ1v) is 17.2. The number of aryl methyl sites for hydroxylation is 1. The molecular weight excluding hydrogens is 676 g/mol. The molecule has 12 heteroatoms. The summed E-state index contributed by atoms with van der Waals surface area (Å²) in [6, 6.07) is 28.5. The van der Waals surface area contributed by atoms with E-state index < -0.39 is 12.1 Å². The van der Waals surface area contributed by atoms with Crippen molar-refractivity contribution in [2.75, 3.05) is 11.4 Å². The van der Waals surface area contributed by atoms with Crippen LogP contribution in [0.4, 0.5) is 10.5 Å². The van der Waals surface area contributed by atoms with Crippen molar-refractivity contribution in [1.29, 1.82) is 5.26 Å². The number of aromatic amines is 2. The maximum Gasteiger partial charge on any atom is 0.405 e. The number of hydrogen-bond donors (Lipinski definition) is 5. The molecule has 3 aliphatic heterocycles. The van der Waals surface area contributed by atoms with Crippen molar-refractivity contribution < 1.29 is 14.7 Å². The third kappa shape index (κ3) is 5.86. The Morgan fingerprint density at radius 1 is 0.865 bits per heavy atom. The summed E-state index contributed by atoms with van der Waals surface area (Å²) in [6.07, 6.45) is 4.86. The molecule has 0 radical (unpaired) electrons. The Balaban J connectivity index is 0.00000387. The number of benzene rings is 4. The third-order valence-electron chi connectivity index (χ3n) is 10.5. The summed E-state index contributed by atoms with van der Waals surface area (Å²) in [4.78, 5) is 43.2. The predicted octanol–water partition coefficient (Wildman–Crippen LogP) is 7.10. The molecular formula is C40H35ClN8O3. The second-order valence-electron chi connectivity index (χ2n) is 13.6. The second-order valence-corrected chi connectivity index (χ2v) is 13.6. The summed E-state index contributed by atoms with van der Waals surface area (Å²) in [5.41, 5.74) is 9.04. The van der Waals surface area contributed by atoms with E-state index in [1.807, 2.05) is 24.4 Å². The van der Waals surface area contributed by atoms with Crippen molar-refractivity contribution in [3.05, 3.63) is 114 Å². The van der Waals surface area contributed by atoms with Crippen LogP contribution in [0.25, 0.3) is 44.4 Å². The molecule has 1 saturated heterocycles. The summed E-state index contributed by atoms with van der Waals surface area (Å²) >= 11 is 0. The molecule has 6 aromatic rings. The number of carbonyl (C=O) groups is 2. The number of imidazole rings is 2. The van der Waals surface area contributed by atoms with E-state index in [9.17, 15) is 20.0 Å². The minimum Gasteiger partial charge on any atom is -0.465 e. The van der Waals surface area contributed by atoms with Gasteiger partial charge in [-0.05, 0) is 70.0 Å². The van der Waals surface area contributed by atoms with Gasteiger partial charge in [0.25, 0.3) is 0 Å². The fraction of sp³-hybridized carbons (Fsp3) is 0.225. The van der Waals surface area contributed by atoms with Crippen LogP contribution in [0, 0.1) is 17.2 Å². The fourth-order valence-electron chi connectivity index (χ4n) is 7.92. The van der Waals surface area contributed by atoms with Crippen LogP contribution in [0.5, 0.6) is 0 Å². The zero-order chi connectivity index (χ0) is 34.6. The van der Waals surface area contributed by atoms with Crippen LogP contribution >= 0.6 is 12.4 Å². The lowest BCUT2D eigenvalue weighted by Gasteiger charge is -2.27. The second kappa shape index (κ2) is 13.3. The molecule has 4 aromatic carbocycles. The quantitative estimate of drug-likeness (QED) is 0.123. The maximum atomic E-state index is 13.7. The molecule has 5 heterocycles. The zero-order valence-corrected chi connectivity index (χ0v) is 28.8. The zero-order valence-electron chi connectivity index (χ0n) is 28.0. The average molecular weight is 711 g/mol. The van der Waals surface area contributed by atoms with Gasteiger partial charge in [0.05, 0.1) is 53.5 Å². The van der Waals surface area contributed by atoms with Crippen LogP contribution < -0.4 is 15.5 Å². The Morgan fingerprint density at radius 2 is 1.52 bits per heavy atom. The van der Waals surface area contributed by atoms with Gasteiger partial charge in [0, 0.05) is 18.5 Å². The van der Waals surface area contributed by atoms with Gasteiger partial charge in [-0.3, -0.25) is 9.69 Å². The Kier molecular flexibility index (Phi) is 8.49. The summed E-state index contributed by atoms with van der Waals surface area (Å²) in [6.45, 7) is 0.693. The van der Waals surface area contributed by atoms with Gasteiger partial charge in [0.15, 0.2) is 0 Å². The molecule has 1 fully saturated rings. The summed E-state index contributed by atoms with van der Waals surface area (Å²) in [5.74, 6) is 1.31. The normalized spacial score (nSPS) is 20.6. The van der Waals surface area contributed by atoms with Crippen LogP contribution in [0.15, 0.2) is 91.3 Å². The molecule has 0 spiro atoms. The highest BCUT2D eigenvalue weighted by Crippen LogP contribution is 2.44. The van der Waals surface area contributed by atoms with E-state index in [0.717, 1.165) is 73.5 Å². The molecule has 0 aliphatic carbocycles. The lowest BCUT2D eigenvalue weighted by atomic mass is 9.98. The maximum absolute atomic E-state index is 13.7. The van der Waals surface area contributed by atoms with Gasteiger partial charge in [-0.1, -0.05) is 66.7 Å². The number of fused-ring (bicyclic) bond motifs is 1. The van der Waals surface area contributed by atoms with Gasteiger partial charge in [0.2, 0.25) is 5.91 Å². The van der Waals surface area contributed by atoms with E-state index >= 15 is 0 Å². The average Bonchev–Trinajstić information content (AvgIpc) is 3.97. The van der Waals surface area contributed by atoms with Gasteiger partial charge in [-0.2, -0.15) is 5.26 Å². The molecule has 5 N–H and O–H groups in total.